The van der Waals surface area contributed by atoms with Gasteiger partial charge in [0.25, 0.3) is 0 Å². The number of benzene rings is 2. The van der Waals surface area contributed by atoms with Crippen LogP contribution in [-0.4, -0.2) is 13.2 Å². The van der Waals surface area contributed by atoms with E-state index in [0.717, 1.165) is 37.7 Å². The molecule has 0 heterocycles. The lowest BCUT2D eigenvalue weighted by Gasteiger charge is -2.28. The molecule has 0 N–H and O–H groups in total. The van der Waals surface area contributed by atoms with E-state index in [2.05, 4.69) is 6.92 Å². The molecule has 6 heteroatoms. The molecule has 188 valence electrons. The summed E-state index contributed by atoms with van der Waals surface area (Å²) in [6, 6.07) is 6.12. The molecule has 0 aromatic heterocycles. The quantitative estimate of drug-likeness (QED) is 0.348. The van der Waals surface area contributed by atoms with Crippen molar-refractivity contribution >= 4 is 0 Å². The van der Waals surface area contributed by atoms with E-state index < -0.39 is 23.3 Å². The fourth-order valence-corrected chi connectivity index (χ4v) is 5.12. The van der Waals surface area contributed by atoms with Gasteiger partial charge in [0.2, 0.25) is 11.6 Å². The Balaban J connectivity index is 1.37. The first-order valence-corrected chi connectivity index (χ1v) is 12.5. The van der Waals surface area contributed by atoms with Gasteiger partial charge in [0, 0.05) is 5.92 Å². The number of allylic oxidation sites excluding steroid dienone is 2. The monoisotopic (exact) mass is 488 g/mol. The van der Waals surface area contributed by atoms with E-state index in [1.807, 2.05) is 6.08 Å². The Labute approximate surface area is 204 Å². The van der Waals surface area contributed by atoms with Crippen molar-refractivity contribution in [3.8, 4) is 11.5 Å². The van der Waals surface area contributed by atoms with Crippen LogP contribution in [0.5, 0.6) is 11.5 Å². The van der Waals surface area contributed by atoms with E-state index in [-0.39, 0.29) is 42.1 Å². The molecule has 1 atom stereocenters. The molecule has 2 aliphatic rings. The lowest BCUT2D eigenvalue weighted by atomic mass is 9.77. The number of halogens is 4. The van der Waals surface area contributed by atoms with Crippen molar-refractivity contribution in [2.75, 3.05) is 13.2 Å². The summed E-state index contributed by atoms with van der Waals surface area (Å²) < 4.78 is 69.0. The fourth-order valence-electron chi connectivity index (χ4n) is 5.12. The van der Waals surface area contributed by atoms with E-state index >= 15 is 0 Å². The SMILES string of the molecule is CCOc1ccc(C2C=CC(COc3ccc(C4CCC(CC)CC4)c(F)c3F)=CC2)c(F)c1F. The lowest BCUT2D eigenvalue weighted by molar-refractivity contribution is 0.305. The summed E-state index contributed by atoms with van der Waals surface area (Å²) in [5, 5.41) is 0. The maximum absolute atomic E-state index is 14.8. The van der Waals surface area contributed by atoms with Gasteiger partial charge in [-0.25, -0.2) is 8.78 Å². The summed E-state index contributed by atoms with van der Waals surface area (Å²) in [5.74, 6) is -3.50. The maximum Gasteiger partial charge on any atom is 0.200 e. The van der Waals surface area contributed by atoms with E-state index in [9.17, 15) is 17.6 Å². The molecule has 0 bridgehead atoms. The van der Waals surface area contributed by atoms with Gasteiger partial charge in [0.05, 0.1) is 6.61 Å². The van der Waals surface area contributed by atoms with Crippen LogP contribution in [0.4, 0.5) is 17.6 Å². The second-order valence-corrected chi connectivity index (χ2v) is 9.39. The maximum atomic E-state index is 14.8. The van der Waals surface area contributed by atoms with Crippen LogP contribution in [0.2, 0.25) is 0 Å². The first-order chi connectivity index (χ1) is 16.9. The minimum Gasteiger partial charge on any atom is -0.491 e. The van der Waals surface area contributed by atoms with E-state index in [1.165, 1.54) is 18.2 Å². The van der Waals surface area contributed by atoms with Crippen molar-refractivity contribution in [2.24, 2.45) is 5.92 Å². The van der Waals surface area contributed by atoms with Gasteiger partial charge in [-0.15, -0.1) is 0 Å². The van der Waals surface area contributed by atoms with Gasteiger partial charge in [-0.1, -0.05) is 43.7 Å². The number of ether oxygens (including phenoxy) is 2. The smallest absolute Gasteiger partial charge is 0.200 e. The molecule has 0 aliphatic heterocycles. The molecule has 1 saturated carbocycles. The predicted octanol–water partition coefficient (Wildman–Crippen LogP) is 8.37. The fraction of sp³-hybridized carbons (Fsp3) is 0.448. The summed E-state index contributed by atoms with van der Waals surface area (Å²) in [6.45, 7) is 4.18. The minimum atomic E-state index is -0.991. The standard InChI is InChI=1S/C29H32F4O2/c1-3-18-5-9-20(10-6-18)23-14-16-25(29(33)27(23)31)35-17-19-7-11-21(12-8-19)22-13-15-24(34-4-2)28(32)26(22)30/h7-8,11,13-16,18,20-21H,3-6,9-10,12,17H2,1-2H3. The van der Waals surface area contributed by atoms with Crippen LogP contribution in [0.25, 0.3) is 0 Å². The van der Waals surface area contributed by atoms with Crippen LogP contribution in [0.1, 0.15) is 75.3 Å². The van der Waals surface area contributed by atoms with Crippen LogP contribution in [-0.2, 0) is 0 Å². The Morgan fingerprint density at radius 1 is 0.771 bits per heavy atom. The zero-order valence-electron chi connectivity index (χ0n) is 20.3. The van der Waals surface area contributed by atoms with Gasteiger partial charge in [-0.2, -0.15) is 8.78 Å². The van der Waals surface area contributed by atoms with Gasteiger partial charge in [0.15, 0.2) is 23.1 Å². The highest BCUT2D eigenvalue weighted by atomic mass is 19.2. The Kier molecular flexibility index (Phi) is 8.19. The summed E-state index contributed by atoms with van der Waals surface area (Å²) in [6.07, 6.45) is 10.8. The molecular formula is C29H32F4O2. The van der Waals surface area contributed by atoms with Crippen molar-refractivity contribution in [1.29, 1.82) is 0 Å². The molecule has 1 fully saturated rings. The Morgan fingerprint density at radius 2 is 1.40 bits per heavy atom. The number of hydrogen-bond donors (Lipinski definition) is 0. The van der Waals surface area contributed by atoms with Crippen molar-refractivity contribution < 1.29 is 27.0 Å². The molecule has 2 aliphatic carbocycles. The molecule has 2 aromatic carbocycles. The molecule has 2 nitrogen and oxygen atoms in total. The van der Waals surface area contributed by atoms with Crippen LogP contribution in [0.15, 0.2) is 48.1 Å². The summed E-state index contributed by atoms with van der Waals surface area (Å²) in [5.41, 5.74) is 1.44. The second-order valence-electron chi connectivity index (χ2n) is 9.39. The summed E-state index contributed by atoms with van der Waals surface area (Å²) in [7, 11) is 0. The highest BCUT2D eigenvalue weighted by Gasteiger charge is 2.26. The van der Waals surface area contributed by atoms with Crippen LogP contribution in [0, 0.1) is 29.2 Å². The summed E-state index contributed by atoms with van der Waals surface area (Å²) >= 11 is 0. The van der Waals surface area contributed by atoms with Gasteiger partial charge in [-0.3, -0.25) is 0 Å². The largest absolute Gasteiger partial charge is 0.491 e. The normalized spacial score (nSPS) is 22.1. The zero-order chi connectivity index (χ0) is 24.9. The topological polar surface area (TPSA) is 18.5 Å². The Bertz CT molecular complexity index is 1100. The number of hydrogen-bond acceptors (Lipinski definition) is 2. The van der Waals surface area contributed by atoms with E-state index in [4.69, 9.17) is 9.47 Å². The Morgan fingerprint density at radius 3 is 2.00 bits per heavy atom. The molecule has 0 spiro atoms. The highest BCUT2D eigenvalue weighted by molar-refractivity contribution is 5.39. The van der Waals surface area contributed by atoms with Crippen molar-refractivity contribution in [3.05, 3.63) is 82.5 Å². The van der Waals surface area contributed by atoms with Crippen molar-refractivity contribution in [3.63, 3.8) is 0 Å². The third-order valence-corrected chi connectivity index (χ3v) is 7.29. The summed E-state index contributed by atoms with van der Waals surface area (Å²) in [4.78, 5) is 0. The van der Waals surface area contributed by atoms with Gasteiger partial charge >= 0.3 is 0 Å². The van der Waals surface area contributed by atoms with Gasteiger partial charge in [0.1, 0.15) is 6.61 Å². The van der Waals surface area contributed by atoms with Crippen LogP contribution >= 0.6 is 0 Å². The van der Waals surface area contributed by atoms with E-state index in [1.54, 1.807) is 25.1 Å². The van der Waals surface area contributed by atoms with Crippen LogP contribution in [0.3, 0.4) is 0 Å². The van der Waals surface area contributed by atoms with Crippen LogP contribution < -0.4 is 9.47 Å². The molecule has 0 saturated heterocycles. The third-order valence-electron chi connectivity index (χ3n) is 7.29. The first-order valence-electron chi connectivity index (χ1n) is 12.5. The molecular weight excluding hydrogens is 456 g/mol. The third kappa shape index (κ3) is 5.57. The van der Waals surface area contributed by atoms with Crippen molar-refractivity contribution in [2.45, 2.75) is 64.2 Å². The van der Waals surface area contributed by atoms with E-state index in [0.29, 0.717) is 17.9 Å². The Hall–Kier alpha value is -2.76. The minimum absolute atomic E-state index is 0.0510. The van der Waals surface area contributed by atoms with Crippen molar-refractivity contribution in [1.82, 2.24) is 0 Å². The molecule has 4 rings (SSSR count). The first kappa shape index (κ1) is 25.3. The zero-order valence-corrected chi connectivity index (χ0v) is 20.3. The number of rotatable bonds is 8. The average molecular weight is 489 g/mol. The average Bonchev–Trinajstić information content (AvgIpc) is 2.88. The van der Waals surface area contributed by atoms with Gasteiger partial charge in [-0.05, 0) is 79.7 Å². The molecule has 0 amide bonds. The predicted molar refractivity (Wildman–Crippen MR) is 129 cm³/mol. The second kappa shape index (κ2) is 11.3. The molecule has 2 aromatic rings. The molecule has 0 radical (unpaired) electrons. The highest BCUT2D eigenvalue weighted by Crippen LogP contribution is 2.39. The lowest BCUT2D eigenvalue weighted by Crippen LogP contribution is -2.14. The molecule has 35 heavy (non-hydrogen) atoms. The molecule has 1 unspecified atom stereocenters. The van der Waals surface area contributed by atoms with Gasteiger partial charge < -0.3 is 9.47 Å².